The maximum absolute atomic E-state index is 12.2. The van der Waals surface area contributed by atoms with Gasteiger partial charge in [0.1, 0.15) is 5.82 Å². The van der Waals surface area contributed by atoms with Gasteiger partial charge >= 0.3 is 0 Å². The maximum atomic E-state index is 12.2. The Kier molecular flexibility index (Phi) is 6.45. The van der Waals surface area contributed by atoms with Crippen LogP contribution in [0.25, 0.3) is 0 Å². The van der Waals surface area contributed by atoms with Gasteiger partial charge in [-0.15, -0.1) is 0 Å². The van der Waals surface area contributed by atoms with Crippen LogP contribution in [0.3, 0.4) is 0 Å². The van der Waals surface area contributed by atoms with Gasteiger partial charge in [0.2, 0.25) is 0 Å². The van der Waals surface area contributed by atoms with Crippen molar-refractivity contribution in [1.29, 1.82) is 0 Å². The number of nitrogens with zero attached hydrogens (tertiary/aromatic N) is 1. The van der Waals surface area contributed by atoms with Crippen LogP contribution in [-0.4, -0.2) is 36.7 Å². The first-order chi connectivity index (χ1) is 10.2. The molecule has 21 heavy (non-hydrogen) atoms. The Labute approximate surface area is 134 Å². The van der Waals surface area contributed by atoms with Crippen molar-refractivity contribution < 1.29 is 9.53 Å². The van der Waals surface area contributed by atoms with E-state index in [1.54, 1.807) is 12.3 Å². The molecule has 0 saturated heterocycles. The average Bonchev–Trinajstić information content (AvgIpc) is 2.99. The van der Waals surface area contributed by atoms with E-state index in [9.17, 15) is 4.79 Å². The van der Waals surface area contributed by atoms with Gasteiger partial charge in [-0.1, -0.05) is 12.8 Å². The van der Waals surface area contributed by atoms with E-state index < -0.39 is 0 Å². The van der Waals surface area contributed by atoms with Crippen LogP contribution >= 0.6 is 15.9 Å². The molecule has 1 aromatic rings. The van der Waals surface area contributed by atoms with Crippen molar-refractivity contribution in [1.82, 2.24) is 10.3 Å². The summed E-state index contributed by atoms with van der Waals surface area (Å²) >= 11 is 3.35. The van der Waals surface area contributed by atoms with E-state index in [0.29, 0.717) is 30.6 Å². The van der Waals surface area contributed by atoms with Crippen molar-refractivity contribution in [3.63, 3.8) is 0 Å². The van der Waals surface area contributed by atoms with E-state index in [-0.39, 0.29) is 5.91 Å². The van der Waals surface area contributed by atoms with Gasteiger partial charge in [0.15, 0.2) is 0 Å². The highest BCUT2D eigenvalue weighted by molar-refractivity contribution is 9.10. The molecule has 0 aliphatic heterocycles. The molecule has 1 aliphatic rings. The lowest BCUT2D eigenvalue weighted by molar-refractivity contribution is 0.0582. The second-order valence-corrected chi connectivity index (χ2v) is 6.03. The number of hydrogen-bond acceptors (Lipinski definition) is 4. The third kappa shape index (κ3) is 4.97. The zero-order chi connectivity index (χ0) is 15.1. The van der Waals surface area contributed by atoms with E-state index in [4.69, 9.17) is 4.74 Å². The second-order valence-electron chi connectivity index (χ2n) is 5.11. The van der Waals surface area contributed by atoms with E-state index in [2.05, 4.69) is 31.5 Å². The Bertz CT molecular complexity index is 476. The molecule has 1 fully saturated rings. The van der Waals surface area contributed by atoms with Gasteiger partial charge in [0, 0.05) is 23.8 Å². The second kappa shape index (κ2) is 8.34. The van der Waals surface area contributed by atoms with Crippen LogP contribution in [0.5, 0.6) is 0 Å². The molecule has 1 amide bonds. The maximum Gasteiger partial charge on any atom is 0.255 e. The minimum Gasteiger partial charge on any atom is -0.376 e. The van der Waals surface area contributed by atoms with Crippen LogP contribution in [0.4, 0.5) is 5.82 Å². The van der Waals surface area contributed by atoms with Gasteiger partial charge in [-0.2, -0.15) is 0 Å². The molecule has 116 valence electrons. The highest BCUT2D eigenvalue weighted by atomic mass is 79.9. The number of carbonyl (C=O) groups is 1. The Morgan fingerprint density at radius 3 is 2.95 bits per heavy atom. The Morgan fingerprint density at radius 2 is 2.24 bits per heavy atom. The molecule has 0 unspecified atom stereocenters. The molecule has 0 radical (unpaired) electrons. The number of rotatable bonds is 7. The van der Waals surface area contributed by atoms with Crippen molar-refractivity contribution in [2.24, 2.45) is 0 Å². The number of aromatic nitrogens is 1. The quantitative estimate of drug-likeness (QED) is 0.738. The van der Waals surface area contributed by atoms with Gasteiger partial charge in [-0.3, -0.25) is 4.79 Å². The molecule has 0 spiro atoms. The topological polar surface area (TPSA) is 63.2 Å². The van der Waals surface area contributed by atoms with Crippen LogP contribution in [0.1, 0.15) is 43.0 Å². The molecule has 0 bridgehead atoms. The van der Waals surface area contributed by atoms with Crippen LogP contribution in [-0.2, 0) is 4.74 Å². The number of amides is 1. The summed E-state index contributed by atoms with van der Waals surface area (Å²) in [4.78, 5) is 16.5. The fraction of sp³-hybridized carbons (Fsp3) is 0.600. The van der Waals surface area contributed by atoms with Crippen molar-refractivity contribution in [2.45, 2.75) is 38.7 Å². The molecule has 2 rings (SSSR count). The minimum absolute atomic E-state index is 0.130. The van der Waals surface area contributed by atoms with Crippen LogP contribution in [0.15, 0.2) is 16.7 Å². The van der Waals surface area contributed by atoms with Crippen molar-refractivity contribution in [3.05, 3.63) is 22.3 Å². The molecule has 1 aliphatic carbocycles. The molecule has 0 aromatic carbocycles. The van der Waals surface area contributed by atoms with E-state index in [1.165, 1.54) is 12.8 Å². The molecule has 2 N–H and O–H groups in total. The number of hydrogen-bond donors (Lipinski definition) is 2. The smallest absolute Gasteiger partial charge is 0.255 e. The Morgan fingerprint density at radius 1 is 1.48 bits per heavy atom. The fourth-order valence-electron chi connectivity index (χ4n) is 2.46. The number of anilines is 1. The summed E-state index contributed by atoms with van der Waals surface area (Å²) in [6, 6.07) is 1.78. The van der Waals surface area contributed by atoms with Gasteiger partial charge in [-0.25, -0.2) is 4.98 Å². The highest BCUT2D eigenvalue weighted by Crippen LogP contribution is 2.20. The summed E-state index contributed by atoms with van der Waals surface area (Å²) < 4.78 is 6.52. The van der Waals surface area contributed by atoms with Crippen LogP contribution in [0.2, 0.25) is 0 Å². The summed E-state index contributed by atoms with van der Waals surface area (Å²) in [7, 11) is 0. The Balaban J connectivity index is 1.82. The number of nitrogens with one attached hydrogen (secondary N) is 2. The number of halogens is 1. The first kappa shape index (κ1) is 16.2. The van der Waals surface area contributed by atoms with Crippen LogP contribution in [0, 0.1) is 0 Å². The van der Waals surface area contributed by atoms with Gasteiger partial charge in [0.25, 0.3) is 5.91 Å². The van der Waals surface area contributed by atoms with Gasteiger partial charge in [0.05, 0.1) is 18.3 Å². The van der Waals surface area contributed by atoms with Gasteiger partial charge in [-0.05, 0) is 41.8 Å². The molecular formula is C15H22BrN3O2. The number of pyridine rings is 1. The minimum atomic E-state index is -0.130. The first-order valence-electron chi connectivity index (χ1n) is 7.50. The zero-order valence-electron chi connectivity index (χ0n) is 12.3. The lowest BCUT2D eigenvalue weighted by Crippen LogP contribution is -2.29. The largest absolute Gasteiger partial charge is 0.376 e. The molecule has 1 heterocycles. The zero-order valence-corrected chi connectivity index (χ0v) is 13.9. The van der Waals surface area contributed by atoms with Crippen LogP contribution < -0.4 is 10.6 Å². The lowest BCUT2D eigenvalue weighted by Gasteiger charge is -2.13. The summed E-state index contributed by atoms with van der Waals surface area (Å²) in [6.45, 7) is 3.78. The van der Waals surface area contributed by atoms with Gasteiger partial charge < -0.3 is 15.4 Å². The van der Waals surface area contributed by atoms with Crippen molar-refractivity contribution in [2.75, 3.05) is 25.0 Å². The number of ether oxygens (including phenoxy) is 1. The summed E-state index contributed by atoms with van der Waals surface area (Å²) in [5.74, 6) is 0.477. The highest BCUT2D eigenvalue weighted by Gasteiger charge is 2.16. The first-order valence-corrected chi connectivity index (χ1v) is 8.29. The predicted molar refractivity (Wildman–Crippen MR) is 86.6 cm³/mol. The standard InChI is InChI=1S/C15H22BrN3O2/c1-2-17-14-13(9-11(16)10-19-14)15(20)18-7-8-21-12-5-3-4-6-12/h9-10,12H,2-8H2,1H3,(H,17,19)(H,18,20). The van der Waals surface area contributed by atoms with E-state index in [1.807, 2.05) is 6.92 Å². The summed E-state index contributed by atoms with van der Waals surface area (Å²) in [6.07, 6.45) is 6.87. The lowest BCUT2D eigenvalue weighted by atomic mass is 10.2. The normalized spacial score (nSPS) is 15.1. The summed E-state index contributed by atoms with van der Waals surface area (Å²) in [5, 5.41) is 5.98. The average molecular weight is 356 g/mol. The molecule has 0 atom stereocenters. The molecular weight excluding hydrogens is 334 g/mol. The third-order valence-electron chi connectivity index (χ3n) is 3.49. The van der Waals surface area contributed by atoms with E-state index >= 15 is 0 Å². The van der Waals surface area contributed by atoms with Crippen molar-refractivity contribution in [3.8, 4) is 0 Å². The SMILES string of the molecule is CCNc1ncc(Br)cc1C(=O)NCCOC1CCCC1. The third-order valence-corrected chi connectivity index (χ3v) is 3.92. The molecule has 1 aromatic heterocycles. The molecule has 6 heteroatoms. The predicted octanol–water partition coefficient (Wildman–Crippen LogP) is 2.96. The Hall–Kier alpha value is -1.14. The van der Waals surface area contributed by atoms with E-state index in [0.717, 1.165) is 23.9 Å². The van der Waals surface area contributed by atoms with Crippen molar-refractivity contribution >= 4 is 27.7 Å². The monoisotopic (exact) mass is 355 g/mol. The molecule has 1 saturated carbocycles. The number of carbonyl (C=O) groups excluding carboxylic acids is 1. The molecule has 5 nitrogen and oxygen atoms in total. The summed E-state index contributed by atoms with van der Waals surface area (Å²) in [5.41, 5.74) is 0.548. The fourth-order valence-corrected chi connectivity index (χ4v) is 2.79.